The van der Waals surface area contributed by atoms with Gasteiger partial charge in [-0.25, -0.2) is 4.79 Å². The Kier molecular flexibility index (Phi) is 8.29. The van der Waals surface area contributed by atoms with E-state index in [4.69, 9.17) is 15.2 Å². The number of aryl methyl sites for hydroxylation is 1. The molecule has 0 aliphatic carbocycles. The largest absolute Gasteiger partial charge is 0.485 e. The van der Waals surface area contributed by atoms with Gasteiger partial charge in [0.25, 0.3) is 5.91 Å². The highest BCUT2D eigenvalue weighted by atomic mass is 32.2. The number of nitrogens with two attached hydrogens (primary N) is 1. The fourth-order valence-corrected chi connectivity index (χ4v) is 5.07. The number of rotatable bonds is 10. The first-order valence-corrected chi connectivity index (χ1v) is 12.1. The van der Waals surface area contributed by atoms with Gasteiger partial charge in [0.05, 0.1) is 23.3 Å². The van der Waals surface area contributed by atoms with Crippen LogP contribution in [0, 0.1) is 13.8 Å². The number of nitrogens with one attached hydrogen (secondary N) is 1. The summed E-state index contributed by atoms with van der Waals surface area (Å²) in [6.07, 6.45) is 0. The summed E-state index contributed by atoms with van der Waals surface area (Å²) in [4.78, 5) is 36.6. The van der Waals surface area contributed by atoms with Crippen LogP contribution in [0.2, 0.25) is 0 Å². The lowest BCUT2D eigenvalue weighted by molar-refractivity contribution is -0.113. The van der Waals surface area contributed by atoms with Gasteiger partial charge in [-0.05, 0) is 38.0 Å². The number of carbonyl (C=O) groups excluding carboxylic acids is 3. The number of aromatic nitrogens is 3. The number of primary amides is 1. The Hall–Kier alpha value is -3.38. The Morgan fingerprint density at radius 3 is 2.59 bits per heavy atom. The van der Waals surface area contributed by atoms with Crippen molar-refractivity contribution in [1.29, 1.82) is 0 Å². The molecule has 0 saturated heterocycles. The van der Waals surface area contributed by atoms with Crippen molar-refractivity contribution in [2.24, 2.45) is 5.73 Å². The first-order valence-electron chi connectivity index (χ1n) is 10.3. The second kappa shape index (κ2) is 11.2. The molecule has 0 fully saturated rings. The molecule has 10 nitrogen and oxygen atoms in total. The molecule has 0 aliphatic rings. The standard InChI is InChI=1S/C22H25N5O5S2/c1-5-27-15(10-32-14-9-7-6-8-12(14)2)25-26-22(27)33-11-16(28)24-20-17(21(30)31-4)13(3)18(34-20)19(23)29/h6-9H,5,10-11H2,1-4H3,(H2,23,29)(H,24,28). The molecule has 0 spiro atoms. The van der Waals surface area contributed by atoms with Gasteiger partial charge in [0.15, 0.2) is 11.0 Å². The van der Waals surface area contributed by atoms with Crippen molar-refractivity contribution < 1.29 is 23.9 Å². The Balaban J connectivity index is 1.68. The third-order valence-corrected chi connectivity index (χ3v) is 7.09. The van der Waals surface area contributed by atoms with Crippen LogP contribution in [-0.4, -0.2) is 45.4 Å². The normalized spacial score (nSPS) is 10.7. The van der Waals surface area contributed by atoms with Gasteiger partial charge in [-0.3, -0.25) is 9.59 Å². The molecule has 1 aromatic carbocycles. The van der Waals surface area contributed by atoms with Crippen molar-refractivity contribution in [2.75, 3.05) is 18.2 Å². The molecule has 3 rings (SSSR count). The summed E-state index contributed by atoms with van der Waals surface area (Å²) in [5, 5.41) is 11.8. The maximum Gasteiger partial charge on any atom is 0.341 e. The van der Waals surface area contributed by atoms with E-state index in [-0.39, 0.29) is 33.7 Å². The molecule has 3 N–H and O–H groups in total. The van der Waals surface area contributed by atoms with E-state index in [1.54, 1.807) is 6.92 Å². The lowest BCUT2D eigenvalue weighted by Gasteiger charge is -2.10. The third kappa shape index (κ3) is 5.57. The number of carbonyl (C=O) groups is 3. The fourth-order valence-electron chi connectivity index (χ4n) is 3.19. The van der Waals surface area contributed by atoms with E-state index in [9.17, 15) is 14.4 Å². The minimum absolute atomic E-state index is 0.0141. The van der Waals surface area contributed by atoms with E-state index in [0.717, 1.165) is 22.6 Å². The zero-order chi connectivity index (χ0) is 24.8. The number of methoxy groups -OCH3 is 1. The molecule has 0 radical (unpaired) electrons. The van der Waals surface area contributed by atoms with Crippen LogP contribution < -0.4 is 15.8 Å². The summed E-state index contributed by atoms with van der Waals surface area (Å²) in [7, 11) is 1.23. The van der Waals surface area contributed by atoms with E-state index in [1.165, 1.54) is 18.9 Å². The first-order chi connectivity index (χ1) is 16.3. The molecule has 34 heavy (non-hydrogen) atoms. The molecular weight excluding hydrogens is 478 g/mol. The van der Waals surface area contributed by atoms with Crippen molar-refractivity contribution in [1.82, 2.24) is 14.8 Å². The SMILES string of the molecule is CCn1c(COc2ccccc2C)nnc1SCC(=O)Nc1sc(C(N)=O)c(C)c1C(=O)OC. The molecule has 0 bridgehead atoms. The number of thiophene rings is 1. The molecule has 2 amide bonds. The van der Waals surface area contributed by atoms with Crippen LogP contribution in [0.25, 0.3) is 0 Å². The van der Waals surface area contributed by atoms with Crippen LogP contribution in [0.1, 0.15) is 43.9 Å². The highest BCUT2D eigenvalue weighted by Gasteiger charge is 2.25. The van der Waals surface area contributed by atoms with Crippen molar-refractivity contribution in [3.8, 4) is 5.75 Å². The molecule has 2 heterocycles. The van der Waals surface area contributed by atoms with Gasteiger partial charge in [-0.15, -0.1) is 21.5 Å². The second-order valence-corrected chi connectivity index (χ2v) is 9.11. The number of ether oxygens (including phenoxy) is 2. The highest BCUT2D eigenvalue weighted by Crippen LogP contribution is 2.33. The molecular formula is C22H25N5O5S2. The number of benzene rings is 1. The predicted octanol–water partition coefficient (Wildman–Crippen LogP) is 3.17. The van der Waals surface area contributed by atoms with E-state index >= 15 is 0 Å². The summed E-state index contributed by atoms with van der Waals surface area (Å²) in [6, 6.07) is 7.70. The quantitative estimate of drug-likeness (QED) is 0.318. The molecule has 0 unspecified atom stereocenters. The molecule has 12 heteroatoms. The minimum Gasteiger partial charge on any atom is -0.485 e. The van der Waals surface area contributed by atoms with Gasteiger partial charge in [-0.2, -0.15) is 0 Å². The maximum atomic E-state index is 12.6. The third-order valence-electron chi connectivity index (χ3n) is 4.91. The van der Waals surface area contributed by atoms with Crippen molar-refractivity contribution in [3.63, 3.8) is 0 Å². The lowest BCUT2D eigenvalue weighted by atomic mass is 10.1. The average molecular weight is 504 g/mol. The number of thioether (sulfide) groups is 1. The molecule has 0 atom stereocenters. The van der Waals surface area contributed by atoms with Crippen LogP contribution in [0.5, 0.6) is 5.75 Å². The van der Waals surface area contributed by atoms with Gasteiger partial charge in [0, 0.05) is 6.54 Å². The number of para-hydroxylation sites is 1. The molecule has 3 aromatic rings. The van der Waals surface area contributed by atoms with Crippen molar-refractivity contribution >= 4 is 45.9 Å². The molecule has 0 aliphatic heterocycles. The summed E-state index contributed by atoms with van der Waals surface area (Å²) in [6.45, 7) is 6.34. The number of hydrogen-bond donors (Lipinski definition) is 2. The van der Waals surface area contributed by atoms with E-state index in [0.29, 0.717) is 23.1 Å². The van der Waals surface area contributed by atoms with Gasteiger partial charge in [0.2, 0.25) is 5.91 Å². The van der Waals surface area contributed by atoms with Crippen LogP contribution in [0.15, 0.2) is 29.4 Å². The monoisotopic (exact) mass is 503 g/mol. The first kappa shape index (κ1) is 25.2. The van der Waals surface area contributed by atoms with E-state index in [2.05, 4.69) is 15.5 Å². The zero-order valence-electron chi connectivity index (χ0n) is 19.2. The summed E-state index contributed by atoms with van der Waals surface area (Å²) >= 11 is 2.14. The van der Waals surface area contributed by atoms with Crippen LogP contribution in [0.3, 0.4) is 0 Å². The van der Waals surface area contributed by atoms with Gasteiger partial charge in [-0.1, -0.05) is 30.0 Å². The Bertz CT molecular complexity index is 1220. The van der Waals surface area contributed by atoms with Crippen LogP contribution in [0.4, 0.5) is 5.00 Å². The van der Waals surface area contributed by atoms with Crippen LogP contribution >= 0.6 is 23.1 Å². The second-order valence-electron chi connectivity index (χ2n) is 7.15. The Morgan fingerprint density at radius 2 is 1.94 bits per heavy atom. The average Bonchev–Trinajstić information content (AvgIpc) is 3.36. The highest BCUT2D eigenvalue weighted by molar-refractivity contribution is 7.99. The fraction of sp³-hybridized carbons (Fsp3) is 0.318. The van der Waals surface area contributed by atoms with Crippen LogP contribution in [-0.2, 0) is 22.7 Å². The number of amides is 2. The lowest BCUT2D eigenvalue weighted by Crippen LogP contribution is -2.16. The van der Waals surface area contributed by atoms with E-state index in [1.807, 2.05) is 42.7 Å². The Morgan fingerprint density at radius 1 is 1.21 bits per heavy atom. The topological polar surface area (TPSA) is 138 Å². The molecule has 2 aromatic heterocycles. The smallest absolute Gasteiger partial charge is 0.341 e. The Labute approximate surface area is 204 Å². The van der Waals surface area contributed by atoms with Gasteiger partial charge < -0.3 is 25.1 Å². The number of hydrogen-bond acceptors (Lipinski definition) is 9. The van der Waals surface area contributed by atoms with Crippen molar-refractivity contribution in [3.05, 3.63) is 51.7 Å². The van der Waals surface area contributed by atoms with Gasteiger partial charge >= 0.3 is 5.97 Å². The summed E-state index contributed by atoms with van der Waals surface area (Å²) in [5.41, 5.74) is 6.89. The number of nitrogens with zero attached hydrogens (tertiary/aromatic N) is 3. The van der Waals surface area contributed by atoms with Gasteiger partial charge in [0.1, 0.15) is 17.4 Å². The summed E-state index contributed by atoms with van der Waals surface area (Å²) < 4.78 is 12.5. The maximum absolute atomic E-state index is 12.6. The molecule has 180 valence electrons. The molecule has 0 saturated carbocycles. The predicted molar refractivity (Wildman–Crippen MR) is 129 cm³/mol. The zero-order valence-corrected chi connectivity index (χ0v) is 20.8. The number of esters is 1. The summed E-state index contributed by atoms with van der Waals surface area (Å²) in [5.74, 6) is -0.297. The minimum atomic E-state index is -0.681. The van der Waals surface area contributed by atoms with Crippen molar-refractivity contribution in [2.45, 2.75) is 39.1 Å². The van der Waals surface area contributed by atoms with E-state index < -0.39 is 11.9 Å². The number of anilines is 1.